The second-order valence-electron chi connectivity index (χ2n) is 8.61. The van der Waals surface area contributed by atoms with Crippen molar-refractivity contribution in [1.29, 1.82) is 0 Å². The molecule has 2 aromatic carbocycles. The van der Waals surface area contributed by atoms with Crippen LogP contribution in [-0.2, 0) is 17.5 Å². The second-order valence-corrected chi connectivity index (χ2v) is 9.02. The highest BCUT2D eigenvalue weighted by Crippen LogP contribution is 2.44. The van der Waals surface area contributed by atoms with E-state index in [-0.39, 0.29) is 17.5 Å². The van der Waals surface area contributed by atoms with Crippen molar-refractivity contribution in [1.82, 2.24) is 5.32 Å². The van der Waals surface area contributed by atoms with Gasteiger partial charge in [0.2, 0.25) is 5.91 Å². The lowest BCUT2D eigenvalue weighted by atomic mass is 10.1. The molecule has 8 heteroatoms. The number of benzene rings is 2. The quantitative estimate of drug-likeness (QED) is 0.698. The van der Waals surface area contributed by atoms with Gasteiger partial charge in [0.15, 0.2) is 0 Å². The summed E-state index contributed by atoms with van der Waals surface area (Å²) in [7, 11) is 0. The van der Waals surface area contributed by atoms with Crippen LogP contribution >= 0.6 is 11.6 Å². The molecule has 2 fully saturated rings. The summed E-state index contributed by atoms with van der Waals surface area (Å²) >= 11 is 6.13. The largest absolute Gasteiger partial charge is 0.416 e. The molecule has 4 nitrogen and oxygen atoms in total. The number of rotatable bonds is 5. The lowest BCUT2D eigenvalue weighted by Gasteiger charge is -2.39. The first-order valence-corrected chi connectivity index (χ1v) is 10.9. The van der Waals surface area contributed by atoms with Crippen LogP contribution in [0, 0.1) is 0 Å². The maximum Gasteiger partial charge on any atom is 0.416 e. The maximum atomic E-state index is 13.5. The fourth-order valence-electron chi connectivity index (χ4n) is 4.36. The summed E-state index contributed by atoms with van der Waals surface area (Å²) < 4.78 is 39.2. The Morgan fingerprint density at radius 1 is 1.10 bits per heavy atom. The number of fused-ring (bicyclic) bond motifs is 1. The summed E-state index contributed by atoms with van der Waals surface area (Å²) in [5.41, 5.74) is 0.855. The van der Waals surface area contributed by atoms with Crippen LogP contribution in [0.15, 0.2) is 42.5 Å². The highest BCUT2D eigenvalue weighted by Gasteiger charge is 2.52. The van der Waals surface area contributed by atoms with Crippen molar-refractivity contribution >= 4 is 28.9 Å². The van der Waals surface area contributed by atoms with E-state index in [4.69, 9.17) is 11.6 Å². The van der Waals surface area contributed by atoms with Crippen molar-refractivity contribution in [2.24, 2.45) is 0 Å². The molecule has 0 saturated heterocycles. The van der Waals surface area contributed by atoms with Gasteiger partial charge in [0.1, 0.15) is 0 Å². The van der Waals surface area contributed by atoms with Gasteiger partial charge >= 0.3 is 6.18 Å². The average Bonchev–Trinajstić information content (AvgIpc) is 3.66. The molecule has 0 spiro atoms. The van der Waals surface area contributed by atoms with E-state index in [1.807, 2.05) is 23.1 Å². The molecule has 0 aromatic heterocycles. The van der Waals surface area contributed by atoms with E-state index < -0.39 is 17.3 Å². The van der Waals surface area contributed by atoms with Crippen LogP contribution < -0.4 is 15.1 Å². The zero-order valence-corrected chi connectivity index (χ0v) is 17.6. The molecule has 0 unspecified atom stereocenters. The van der Waals surface area contributed by atoms with Crippen molar-refractivity contribution in [3.8, 4) is 0 Å². The van der Waals surface area contributed by atoms with Gasteiger partial charge in [0.25, 0.3) is 0 Å². The van der Waals surface area contributed by atoms with Gasteiger partial charge in [-0.05, 0) is 61.6 Å². The highest BCUT2D eigenvalue weighted by molar-refractivity contribution is 6.31. The number of halogens is 4. The molecule has 164 valence electrons. The van der Waals surface area contributed by atoms with Crippen LogP contribution in [0.1, 0.15) is 36.8 Å². The zero-order chi connectivity index (χ0) is 21.8. The summed E-state index contributed by atoms with van der Waals surface area (Å²) in [5, 5.41) is 3.48. The first kappa shape index (κ1) is 20.6. The van der Waals surface area contributed by atoms with E-state index in [1.54, 1.807) is 0 Å². The third kappa shape index (κ3) is 3.89. The Kier molecular flexibility index (Phi) is 4.94. The number of amides is 1. The summed E-state index contributed by atoms with van der Waals surface area (Å²) in [5.74, 6) is -0.0153. The number of hydrogen-bond acceptors (Lipinski definition) is 3. The van der Waals surface area contributed by atoms with Crippen molar-refractivity contribution in [3.05, 3.63) is 58.6 Å². The van der Waals surface area contributed by atoms with Crippen LogP contribution in [0.2, 0.25) is 5.02 Å². The fraction of sp³-hybridized carbons (Fsp3) is 0.435. The minimum Gasteiger partial charge on any atom is -0.365 e. The smallest absolute Gasteiger partial charge is 0.365 e. The molecule has 0 bridgehead atoms. The number of anilines is 2. The minimum atomic E-state index is -4.43. The standard InChI is InChI=1S/C23H23ClF3N3O/c24-18-8-5-16(23(25,26)27)13-15(18)14-28-22(9-10-22)21(31)30-12-11-29(17-6-7-17)19-3-1-2-4-20(19)30/h1-5,8,13,17,28H,6-7,9-12,14H2. The first-order valence-electron chi connectivity index (χ1n) is 10.6. The summed E-state index contributed by atoms with van der Waals surface area (Å²) in [6, 6.07) is 11.8. The van der Waals surface area contributed by atoms with Crippen molar-refractivity contribution < 1.29 is 18.0 Å². The van der Waals surface area contributed by atoms with Crippen LogP contribution in [0.4, 0.5) is 24.5 Å². The Labute approximate surface area is 184 Å². The van der Waals surface area contributed by atoms with E-state index >= 15 is 0 Å². The number of hydrogen-bond donors (Lipinski definition) is 1. The molecule has 1 aliphatic heterocycles. The SMILES string of the molecule is O=C(N1CCN(C2CC2)c2ccccc21)C1(NCc2cc(C(F)(F)F)ccc2Cl)CC1. The van der Waals surface area contributed by atoms with E-state index in [0.29, 0.717) is 31.0 Å². The van der Waals surface area contributed by atoms with Crippen molar-refractivity contribution in [2.75, 3.05) is 22.9 Å². The summed E-state index contributed by atoms with van der Waals surface area (Å²) in [6.45, 7) is 1.52. The molecule has 5 rings (SSSR count). The number of nitrogens with zero attached hydrogens (tertiary/aromatic N) is 2. The number of carbonyl (C=O) groups excluding carboxylic acids is 1. The minimum absolute atomic E-state index is 0.0153. The highest BCUT2D eigenvalue weighted by atomic mass is 35.5. The van der Waals surface area contributed by atoms with E-state index in [0.717, 1.165) is 30.1 Å². The molecule has 31 heavy (non-hydrogen) atoms. The maximum absolute atomic E-state index is 13.5. The zero-order valence-electron chi connectivity index (χ0n) is 16.9. The molecule has 1 heterocycles. The number of nitrogens with one attached hydrogen (secondary N) is 1. The fourth-order valence-corrected chi connectivity index (χ4v) is 4.55. The van der Waals surface area contributed by atoms with Gasteiger partial charge in [-0.25, -0.2) is 0 Å². The van der Waals surface area contributed by atoms with Crippen LogP contribution in [0.3, 0.4) is 0 Å². The predicted molar refractivity (Wildman–Crippen MR) is 114 cm³/mol. The molecular formula is C23H23ClF3N3O. The Balaban J connectivity index is 1.34. The summed E-state index contributed by atoms with van der Waals surface area (Å²) in [6.07, 6.45) is -0.741. The van der Waals surface area contributed by atoms with Gasteiger partial charge in [-0.1, -0.05) is 23.7 Å². The summed E-state index contributed by atoms with van der Waals surface area (Å²) in [4.78, 5) is 17.7. The lowest BCUT2D eigenvalue weighted by Crippen LogP contribution is -2.53. The molecule has 2 aromatic rings. The van der Waals surface area contributed by atoms with Gasteiger partial charge in [0, 0.05) is 30.7 Å². The Morgan fingerprint density at radius 3 is 2.45 bits per heavy atom. The predicted octanol–water partition coefficient (Wildman–Crippen LogP) is 5.00. The molecule has 0 atom stereocenters. The molecule has 1 amide bonds. The molecule has 3 aliphatic rings. The van der Waals surface area contributed by atoms with Crippen LogP contribution in [-0.4, -0.2) is 30.6 Å². The molecule has 1 N–H and O–H groups in total. The van der Waals surface area contributed by atoms with E-state index in [1.165, 1.54) is 18.9 Å². The Morgan fingerprint density at radius 2 is 1.81 bits per heavy atom. The average molecular weight is 450 g/mol. The first-order chi connectivity index (χ1) is 14.8. The van der Waals surface area contributed by atoms with Gasteiger partial charge < -0.3 is 9.80 Å². The normalized spacial score (nSPS) is 19.9. The van der Waals surface area contributed by atoms with E-state index in [2.05, 4.69) is 16.3 Å². The van der Waals surface area contributed by atoms with Crippen molar-refractivity contribution in [3.63, 3.8) is 0 Å². The van der Waals surface area contributed by atoms with Crippen molar-refractivity contribution in [2.45, 2.75) is 50.0 Å². The van der Waals surface area contributed by atoms with Crippen LogP contribution in [0.25, 0.3) is 0 Å². The Hall–Kier alpha value is -2.25. The lowest BCUT2D eigenvalue weighted by molar-refractivity contribution is -0.137. The topological polar surface area (TPSA) is 35.6 Å². The number of para-hydroxylation sites is 2. The van der Waals surface area contributed by atoms with E-state index in [9.17, 15) is 18.0 Å². The monoisotopic (exact) mass is 449 g/mol. The molecular weight excluding hydrogens is 427 g/mol. The second kappa shape index (κ2) is 7.41. The number of alkyl halides is 3. The molecule has 2 aliphatic carbocycles. The molecule has 0 radical (unpaired) electrons. The Bertz CT molecular complexity index is 1020. The van der Waals surface area contributed by atoms with Gasteiger partial charge in [0.05, 0.1) is 22.5 Å². The van der Waals surface area contributed by atoms with Gasteiger partial charge in [-0.2, -0.15) is 13.2 Å². The molecule has 2 saturated carbocycles. The third-order valence-corrected chi connectivity index (χ3v) is 6.80. The van der Waals surface area contributed by atoms with Gasteiger partial charge in [-0.3, -0.25) is 10.1 Å². The third-order valence-electron chi connectivity index (χ3n) is 6.43. The van der Waals surface area contributed by atoms with Crippen LogP contribution in [0.5, 0.6) is 0 Å². The number of carbonyl (C=O) groups is 1. The van der Waals surface area contributed by atoms with Gasteiger partial charge in [-0.15, -0.1) is 0 Å².